The van der Waals surface area contributed by atoms with Crippen molar-refractivity contribution in [2.75, 3.05) is 0 Å². The molecule has 0 saturated heterocycles. The molecule has 0 N–H and O–H groups in total. The maximum atomic E-state index is 5.34. The lowest BCUT2D eigenvalue weighted by Gasteiger charge is -2.13. The van der Waals surface area contributed by atoms with Gasteiger partial charge in [0.1, 0.15) is 12.1 Å². The van der Waals surface area contributed by atoms with Gasteiger partial charge < -0.3 is 4.57 Å². The predicted molar refractivity (Wildman–Crippen MR) is 280 cm³/mol. The van der Waals surface area contributed by atoms with Crippen LogP contribution in [0.4, 0.5) is 0 Å². The van der Waals surface area contributed by atoms with E-state index in [1.807, 2.05) is 24.4 Å². The lowest BCUT2D eigenvalue weighted by Crippen LogP contribution is -2.03. The first-order valence-electron chi connectivity index (χ1n) is 23.1. The van der Waals surface area contributed by atoms with E-state index in [4.69, 9.17) is 24.9 Å². The summed E-state index contributed by atoms with van der Waals surface area (Å²) in [6.45, 7) is 0. The maximum Gasteiger partial charge on any atom is 0.238 e. The molecule has 14 rings (SSSR count). The third kappa shape index (κ3) is 6.27. The molecule has 0 saturated carbocycles. The van der Waals surface area contributed by atoms with Crippen molar-refractivity contribution < 1.29 is 0 Å². The lowest BCUT2D eigenvalue weighted by atomic mass is 10.0. The average molecular weight is 883 g/mol. The Bertz CT molecular complexity index is 4250. The molecule has 0 aliphatic carbocycles. The van der Waals surface area contributed by atoms with E-state index in [0.29, 0.717) is 11.8 Å². The molecule has 0 spiro atoms. The quantitative estimate of drug-likeness (QED) is 0.159. The number of nitrogens with zero attached hydrogens (tertiary/aromatic N) is 8. The van der Waals surface area contributed by atoms with Gasteiger partial charge in [-0.25, -0.2) is 15.0 Å². The Balaban J connectivity index is 0.881. The fourth-order valence-electron chi connectivity index (χ4n) is 10.3. The van der Waals surface area contributed by atoms with Crippen LogP contribution in [0.3, 0.4) is 0 Å². The Morgan fingerprint density at radius 2 is 0.855 bits per heavy atom. The van der Waals surface area contributed by atoms with Crippen molar-refractivity contribution in [1.82, 2.24) is 38.6 Å². The van der Waals surface area contributed by atoms with Crippen LogP contribution in [0.25, 0.3) is 128 Å². The molecule has 0 amide bonds. The van der Waals surface area contributed by atoms with Gasteiger partial charge in [-0.1, -0.05) is 127 Å². The minimum Gasteiger partial charge on any atom is -0.308 e. The predicted octanol–water partition coefficient (Wildman–Crippen LogP) is 14.6. The van der Waals surface area contributed by atoms with E-state index in [2.05, 4.69) is 214 Å². The zero-order chi connectivity index (χ0) is 45.4. The minimum absolute atomic E-state index is 0.554. The zero-order valence-electron chi connectivity index (χ0n) is 37.0. The van der Waals surface area contributed by atoms with Crippen molar-refractivity contribution in [2.24, 2.45) is 0 Å². The Hall–Kier alpha value is -9.53. The van der Waals surface area contributed by atoms with Crippen molar-refractivity contribution in [3.63, 3.8) is 0 Å². The molecular weight excluding hydrogens is 845 g/mol. The highest BCUT2D eigenvalue weighted by atomic mass is 15.2. The largest absolute Gasteiger partial charge is 0.308 e. The van der Waals surface area contributed by atoms with Crippen molar-refractivity contribution >= 4 is 65.5 Å². The van der Waals surface area contributed by atoms with E-state index >= 15 is 0 Å². The Labute approximate surface area is 395 Å². The van der Waals surface area contributed by atoms with Crippen molar-refractivity contribution in [1.29, 1.82) is 0 Å². The molecule has 322 valence electrons. The Morgan fingerprint density at radius 3 is 1.57 bits per heavy atom. The fraction of sp³-hybridized carbons (Fsp3) is 0. The van der Waals surface area contributed by atoms with Crippen LogP contribution in [0.1, 0.15) is 0 Å². The summed E-state index contributed by atoms with van der Waals surface area (Å²) in [5.74, 6) is 2.02. The standard InChI is InChI=1S/C61H38N8/c1-4-15-39(16-5-1)44-36-51(40-17-6-2-7-18-40)65-58(37-44)68-52-23-12-10-21-46(52)48-33-41(26-29-54(48)68)42-27-30-55-49(34-42)47-22-11-13-24-53(47)69(55)61-64-38-63-60(66-61)43-28-31-56-50(35-43)59-57(25-14-32-62-59)67(56)45-19-8-3-9-20-45/h1-38H. The molecule has 0 aliphatic rings. The van der Waals surface area contributed by atoms with E-state index in [9.17, 15) is 0 Å². The lowest BCUT2D eigenvalue weighted by molar-refractivity contribution is 0.947. The van der Waals surface area contributed by atoms with Crippen LogP contribution in [0, 0.1) is 0 Å². The molecule has 6 aromatic heterocycles. The molecule has 0 radical (unpaired) electrons. The monoisotopic (exact) mass is 882 g/mol. The molecule has 0 bridgehead atoms. The van der Waals surface area contributed by atoms with Crippen LogP contribution in [0.5, 0.6) is 0 Å². The first-order chi connectivity index (χ1) is 34.2. The third-order valence-electron chi connectivity index (χ3n) is 13.4. The molecule has 14 aromatic rings. The van der Waals surface area contributed by atoms with Gasteiger partial charge in [0.15, 0.2) is 5.82 Å². The topological polar surface area (TPSA) is 79.2 Å². The normalized spacial score (nSPS) is 11.8. The van der Waals surface area contributed by atoms with Gasteiger partial charge in [-0.3, -0.25) is 14.1 Å². The summed E-state index contributed by atoms with van der Waals surface area (Å²) in [5.41, 5.74) is 15.8. The second kappa shape index (κ2) is 15.5. The van der Waals surface area contributed by atoms with E-state index in [1.54, 1.807) is 6.33 Å². The molecular formula is C61H38N8. The summed E-state index contributed by atoms with van der Waals surface area (Å²) in [7, 11) is 0. The summed E-state index contributed by atoms with van der Waals surface area (Å²) in [6.07, 6.45) is 3.46. The molecule has 0 fully saturated rings. The van der Waals surface area contributed by atoms with Crippen LogP contribution in [-0.2, 0) is 0 Å². The van der Waals surface area contributed by atoms with E-state index in [1.165, 1.54) is 5.39 Å². The van der Waals surface area contributed by atoms with Crippen LogP contribution < -0.4 is 0 Å². The SMILES string of the molecule is c1ccc(-c2cc(-c3ccccc3)nc(-n3c4ccccc4c4cc(-c5ccc6c(c5)c5ccccc5n6-c5ncnc(-c6ccc7c(c6)c6ncccc6n7-c6ccccc6)n5)ccc43)c2)cc1. The average Bonchev–Trinajstić information content (AvgIpc) is 4.06. The first-order valence-corrected chi connectivity index (χ1v) is 23.1. The molecule has 6 heterocycles. The zero-order valence-corrected chi connectivity index (χ0v) is 37.0. The number of rotatable bonds is 7. The van der Waals surface area contributed by atoms with Gasteiger partial charge in [-0.15, -0.1) is 0 Å². The highest BCUT2D eigenvalue weighted by molar-refractivity contribution is 6.13. The summed E-state index contributed by atoms with van der Waals surface area (Å²) in [4.78, 5) is 24.9. The second-order valence-electron chi connectivity index (χ2n) is 17.4. The van der Waals surface area contributed by atoms with Gasteiger partial charge >= 0.3 is 0 Å². The molecule has 8 aromatic carbocycles. The summed E-state index contributed by atoms with van der Waals surface area (Å²) < 4.78 is 6.72. The molecule has 8 heteroatoms. The molecule has 0 atom stereocenters. The van der Waals surface area contributed by atoms with Gasteiger partial charge in [0.2, 0.25) is 5.95 Å². The Morgan fingerprint density at radius 1 is 0.304 bits per heavy atom. The van der Waals surface area contributed by atoms with Gasteiger partial charge in [-0.05, 0) is 113 Å². The van der Waals surface area contributed by atoms with E-state index in [-0.39, 0.29) is 0 Å². The molecule has 8 nitrogen and oxygen atoms in total. The maximum absolute atomic E-state index is 5.34. The molecule has 0 aliphatic heterocycles. The van der Waals surface area contributed by atoms with Gasteiger partial charge in [0.25, 0.3) is 0 Å². The van der Waals surface area contributed by atoms with E-state index < -0.39 is 0 Å². The van der Waals surface area contributed by atoms with Crippen LogP contribution in [-0.4, -0.2) is 38.6 Å². The minimum atomic E-state index is 0.554. The second-order valence-corrected chi connectivity index (χ2v) is 17.4. The van der Waals surface area contributed by atoms with Crippen LogP contribution >= 0.6 is 0 Å². The van der Waals surface area contributed by atoms with E-state index in [0.717, 1.165) is 111 Å². The molecule has 0 unspecified atom stereocenters. The van der Waals surface area contributed by atoms with Crippen LogP contribution in [0.15, 0.2) is 231 Å². The van der Waals surface area contributed by atoms with Crippen molar-refractivity contribution in [2.45, 2.75) is 0 Å². The number of para-hydroxylation sites is 3. The van der Waals surface area contributed by atoms with Crippen molar-refractivity contribution in [3.05, 3.63) is 231 Å². The fourth-order valence-corrected chi connectivity index (χ4v) is 10.3. The number of fused-ring (bicyclic) bond motifs is 9. The van der Waals surface area contributed by atoms with Crippen LogP contribution in [0.2, 0.25) is 0 Å². The molecule has 69 heavy (non-hydrogen) atoms. The highest BCUT2D eigenvalue weighted by Crippen LogP contribution is 2.40. The summed E-state index contributed by atoms with van der Waals surface area (Å²) in [6, 6.07) is 76.9. The first kappa shape index (κ1) is 38.7. The smallest absolute Gasteiger partial charge is 0.238 e. The van der Waals surface area contributed by atoms with Gasteiger partial charge in [0.05, 0.1) is 44.3 Å². The van der Waals surface area contributed by atoms with Gasteiger partial charge in [0, 0.05) is 49.9 Å². The number of hydrogen-bond acceptors (Lipinski definition) is 5. The number of pyridine rings is 2. The summed E-state index contributed by atoms with van der Waals surface area (Å²) >= 11 is 0. The highest BCUT2D eigenvalue weighted by Gasteiger charge is 2.20. The number of aromatic nitrogens is 8. The van der Waals surface area contributed by atoms with Crippen molar-refractivity contribution in [3.8, 4) is 62.4 Å². The Kier molecular flexibility index (Phi) is 8.72. The number of hydrogen-bond donors (Lipinski definition) is 0. The van der Waals surface area contributed by atoms with Gasteiger partial charge in [-0.2, -0.15) is 4.98 Å². The number of benzene rings is 8. The summed E-state index contributed by atoms with van der Waals surface area (Å²) in [5, 5.41) is 5.60. The third-order valence-corrected chi connectivity index (χ3v) is 13.4.